The summed E-state index contributed by atoms with van der Waals surface area (Å²) >= 11 is 0. The van der Waals surface area contributed by atoms with Gasteiger partial charge in [-0.1, -0.05) is 0 Å². The SMILES string of the molecule is Cc1c(-c2cc3cc(Nc4cc5n(n4)CC(=O)N(C)CC54CC4)ncc3cc2F)cnc2c1NCC[C@@]2(C)O. The molecule has 0 unspecified atom stereocenters. The number of carbonyl (C=O) groups excluding carboxylic acids is 1. The molecule has 3 N–H and O–H groups in total. The summed E-state index contributed by atoms with van der Waals surface area (Å²) in [5.41, 5.74) is 3.35. The number of aliphatic hydroxyl groups is 1. The largest absolute Gasteiger partial charge is 0.384 e. The number of halogens is 1. The number of carbonyl (C=O) groups is 1. The van der Waals surface area contributed by atoms with E-state index in [1.165, 1.54) is 6.07 Å². The number of rotatable bonds is 3. The van der Waals surface area contributed by atoms with E-state index in [2.05, 4.69) is 25.7 Å². The predicted octanol–water partition coefficient (Wildman–Crippen LogP) is 4.21. The molecule has 0 bridgehead atoms. The third-order valence-corrected chi connectivity index (χ3v) is 8.54. The van der Waals surface area contributed by atoms with E-state index in [-0.39, 0.29) is 23.7 Å². The highest BCUT2D eigenvalue weighted by Gasteiger charge is 2.50. The lowest BCUT2D eigenvalue weighted by atomic mass is 9.88. The fourth-order valence-corrected chi connectivity index (χ4v) is 6.08. The molecule has 39 heavy (non-hydrogen) atoms. The van der Waals surface area contributed by atoms with Gasteiger partial charge in [0, 0.05) is 66.2 Å². The predicted molar refractivity (Wildman–Crippen MR) is 146 cm³/mol. The first-order valence-corrected chi connectivity index (χ1v) is 13.3. The number of benzene rings is 1. The Morgan fingerprint density at radius 2 is 1.87 bits per heavy atom. The average Bonchev–Trinajstić information content (AvgIpc) is 3.57. The van der Waals surface area contributed by atoms with Gasteiger partial charge < -0.3 is 20.6 Å². The first kappa shape index (κ1) is 24.0. The molecule has 1 fully saturated rings. The lowest BCUT2D eigenvalue weighted by molar-refractivity contribution is -0.130. The minimum atomic E-state index is -1.02. The van der Waals surface area contributed by atoms with E-state index in [0.717, 1.165) is 35.2 Å². The lowest BCUT2D eigenvalue weighted by Crippen LogP contribution is -2.32. The number of aromatic nitrogens is 4. The maximum atomic E-state index is 15.3. The van der Waals surface area contributed by atoms with Gasteiger partial charge in [-0.2, -0.15) is 5.10 Å². The molecule has 1 aliphatic carbocycles. The molecule has 4 aromatic rings. The Hall–Kier alpha value is -4.05. The molecule has 3 aliphatic rings. The zero-order valence-electron chi connectivity index (χ0n) is 22.2. The molecule has 1 aromatic carbocycles. The van der Waals surface area contributed by atoms with Crippen LogP contribution in [0.25, 0.3) is 21.9 Å². The number of nitrogens with zero attached hydrogens (tertiary/aromatic N) is 5. The van der Waals surface area contributed by atoms with Gasteiger partial charge in [-0.3, -0.25) is 14.5 Å². The van der Waals surface area contributed by atoms with Crippen molar-refractivity contribution in [3.05, 3.63) is 59.4 Å². The first-order valence-electron chi connectivity index (χ1n) is 13.3. The van der Waals surface area contributed by atoms with Crippen LogP contribution >= 0.6 is 0 Å². The minimum absolute atomic E-state index is 0.0137. The van der Waals surface area contributed by atoms with Gasteiger partial charge in [-0.25, -0.2) is 9.37 Å². The van der Waals surface area contributed by atoms with Crippen molar-refractivity contribution >= 4 is 34.0 Å². The van der Waals surface area contributed by atoms with Crippen LogP contribution in [0.3, 0.4) is 0 Å². The highest BCUT2D eigenvalue weighted by Crippen LogP contribution is 2.50. The molecule has 5 heterocycles. The quantitative estimate of drug-likeness (QED) is 0.366. The second-order valence-electron chi connectivity index (χ2n) is 11.4. The van der Waals surface area contributed by atoms with Gasteiger partial charge >= 0.3 is 0 Å². The summed E-state index contributed by atoms with van der Waals surface area (Å²) in [4.78, 5) is 23.3. The lowest BCUT2D eigenvalue weighted by Gasteiger charge is -2.32. The topological polar surface area (TPSA) is 108 Å². The van der Waals surface area contributed by atoms with Gasteiger partial charge in [-0.05, 0) is 62.3 Å². The number of fused-ring (bicyclic) bond motifs is 4. The third-order valence-electron chi connectivity index (χ3n) is 8.54. The molecule has 1 spiro atoms. The molecule has 9 nitrogen and oxygen atoms in total. The molecule has 2 aliphatic heterocycles. The maximum absolute atomic E-state index is 15.3. The van der Waals surface area contributed by atoms with Crippen LogP contribution in [-0.2, 0) is 22.4 Å². The van der Waals surface area contributed by atoms with Crippen LogP contribution in [0.1, 0.15) is 43.1 Å². The highest BCUT2D eigenvalue weighted by molar-refractivity contribution is 5.90. The van der Waals surface area contributed by atoms with Crippen molar-refractivity contribution in [2.75, 3.05) is 30.8 Å². The van der Waals surface area contributed by atoms with E-state index in [1.807, 2.05) is 36.9 Å². The van der Waals surface area contributed by atoms with Crippen LogP contribution in [0.5, 0.6) is 0 Å². The van der Waals surface area contributed by atoms with Crippen molar-refractivity contribution in [3.8, 4) is 11.1 Å². The molecule has 200 valence electrons. The Bertz CT molecular complexity index is 1670. The molecular weight excluding hydrogens is 497 g/mol. The van der Waals surface area contributed by atoms with E-state index in [1.54, 1.807) is 24.2 Å². The van der Waals surface area contributed by atoms with Crippen LogP contribution in [0.2, 0.25) is 0 Å². The first-order chi connectivity index (χ1) is 18.6. The van der Waals surface area contributed by atoms with Crippen molar-refractivity contribution in [1.29, 1.82) is 0 Å². The number of nitrogens with one attached hydrogen (secondary N) is 2. The van der Waals surface area contributed by atoms with Crippen LogP contribution in [0.15, 0.2) is 36.7 Å². The van der Waals surface area contributed by atoms with Gasteiger partial charge in [0.15, 0.2) is 5.82 Å². The smallest absolute Gasteiger partial charge is 0.244 e. The van der Waals surface area contributed by atoms with Crippen molar-refractivity contribution in [1.82, 2.24) is 24.6 Å². The van der Waals surface area contributed by atoms with E-state index < -0.39 is 5.60 Å². The number of pyridine rings is 2. The van der Waals surface area contributed by atoms with Crippen molar-refractivity contribution < 1.29 is 14.3 Å². The van der Waals surface area contributed by atoms with Gasteiger partial charge in [0.25, 0.3) is 0 Å². The Morgan fingerprint density at radius 3 is 2.67 bits per heavy atom. The second-order valence-corrected chi connectivity index (χ2v) is 11.4. The highest BCUT2D eigenvalue weighted by atomic mass is 19.1. The molecule has 10 heteroatoms. The van der Waals surface area contributed by atoms with E-state index >= 15 is 4.39 Å². The summed E-state index contributed by atoms with van der Waals surface area (Å²) in [6, 6.07) is 7.19. The number of amides is 1. The van der Waals surface area contributed by atoms with Crippen LogP contribution < -0.4 is 10.6 Å². The summed E-state index contributed by atoms with van der Waals surface area (Å²) < 4.78 is 17.1. The van der Waals surface area contributed by atoms with Gasteiger partial charge in [0.05, 0.1) is 11.4 Å². The summed E-state index contributed by atoms with van der Waals surface area (Å²) in [5, 5.41) is 23.6. The van der Waals surface area contributed by atoms with Gasteiger partial charge in [0.1, 0.15) is 23.8 Å². The maximum Gasteiger partial charge on any atom is 0.244 e. The van der Waals surface area contributed by atoms with Gasteiger partial charge in [0.2, 0.25) is 5.91 Å². The summed E-state index contributed by atoms with van der Waals surface area (Å²) in [6.07, 6.45) is 5.94. The standard InChI is InChI=1S/C29H30FN7O2/c1-16-20(13-33-27-26(16)31-7-6-28(27,2)39)19-8-17-10-23(32-12-18(17)9-21(19)30)34-24-11-22-29(4-5-29)15-36(3)25(38)14-37(22)35-24/h8-13,31,39H,4-7,14-15H2,1-3H3,(H,32,34,35)/t28-/m1/s1. The summed E-state index contributed by atoms with van der Waals surface area (Å²) in [7, 11) is 1.85. The minimum Gasteiger partial charge on any atom is -0.384 e. The van der Waals surface area contributed by atoms with E-state index in [4.69, 9.17) is 0 Å². The molecule has 1 atom stereocenters. The average molecular weight is 528 g/mol. The normalized spacial score (nSPS) is 21.4. The number of anilines is 3. The van der Waals surface area contributed by atoms with E-state index in [0.29, 0.717) is 53.4 Å². The second kappa shape index (κ2) is 8.22. The molecule has 1 amide bonds. The Balaban J connectivity index is 1.23. The number of hydrogen-bond acceptors (Lipinski definition) is 7. The Labute approximate surface area is 225 Å². The van der Waals surface area contributed by atoms with Crippen LogP contribution in [0, 0.1) is 12.7 Å². The summed E-state index contributed by atoms with van der Waals surface area (Å²) in [6.45, 7) is 5.24. The molecule has 0 radical (unpaired) electrons. The third kappa shape index (κ3) is 3.84. The zero-order valence-corrected chi connectivity index (χ0v) is 22.2. The molecule has 1 saturated carbocycles. The zero-order chi connectivity index (χ0) is 27.1. The van der Waals surface area contributed by atoms with Crippen molar-refractivity contribution in [3.63, 3.8) is 0 Å². The summed E-state index contributed by atoms with van der Waals surface area (Å²) in [5.74, 6) is 0.911. The van der Waals surface area contributed by atoms with Crippen molar-refractivity contribution in [2.24, 2.45) is 0 Å². The molecule has 0 saturated heterocycles. The number of hydrogen-bond donors (Lipinski definition) is 3. The molecular formula is C29H30FN7O2. The van der Waals surface area contributed by atoms with Crippen LogP contribution in [0.4, 0.5) is 21.7 Å². The number of likely N-dealkylation sites (N-methyl/N-ethyl adjacent to an activating group) is 1. The van der Waals surface area contributed by atoms with E-state index in [9.17, 15) is 9.90 Å². The Kier molecular flexibility index (Phi) is 5.07. The monoisotopic (exact) mass is 527 g/mol. The molecule has 3 aromatic heterocycles. The fraction of sp³-hybridized carbons (Fsp3) is 0.379. The molecule has 7 rings (SSSR count). The van der Waals surface area contributed by atoms with Gasteiger partial charge in [-0.15, -0.1) is 0 Å². The Morgan fingerprint density at radius 1 is 1.05 bits per heavy atom. The van der Waals surface area contributed by atoms with Crippen molar-refractivity contribution in [2.45, 2.75) is 50.7 Å². The van der Waals surface area contributed by atoms with Crippen LogP contribution in [-0.4, -0.2) is 55.8 Å². The fourth-order valence-electron chi connectivity index (χ4n) is 6.08.